The standard InChI is InChI=1S/C13H20ClN3O2S/c14-7-12-8-15-16-13(12)20(18,19)17-6-5-10-3-1-2-4-11(10)9-17/h8,10-11H,1-7,9H2,(H,15,16). The van der Waals surface area contributed by atoms with E-state index < -0.39 is 10.0 Å². The van der Waals surface area contributed by atoms with Crippen molar-refractivity contribution in [3.8, 4) is 0 Å². The molecular weight excluding hydrogens is 298 g/mol. The van der Waals surface area contributed by atoms with Gasteiger partial charge in [0.1, 0.15) is 0 Å². The summed E-state index contributed by atoms with van der Waals surface area (Å²) in [6, 6.07) is 0. The summed E-state index contributed by atoms with van der Waals surface area (Å²) in [5, 5.41) is 6.59. The average molecular weight is 318 g/mol. The lowest BCUT2D eigenvalue weighted by molar-refractivity contribution is 0.136. The van der Waals surface area contributed by atoms with Gasteiger partial charge in [-0.3, -0.25) is 5.10 Å². The number of piperidine rings is 1. The second kappa shape index (κ2) is 5.66. The number of hydrogen-bond donors (Lipinski definition) is 1. The molecule has 2 atom stereocenters. The van der Waals surface area contributed by atoms with Crippen LogP contribution in [0.25, 0.3) is 0 Å². The van der Waals surface area contributed by atoms with Crippen LogP contribution >= 0.6 is 11.6 Å². The van der Waals surface area contributed by atoms with Crippen molar-refractivity contribution in [2.24, 2.45) is 11.8 Å². The van der Waals surface area contributed by atoms with Crippen LogP contribution in [0.15, 0.2) is 11.2 Å². The van der Waals surface area contributed by atoms with Crippen LogP contribution in [0.3, 0.4) is 0 Å². The van der Waals surface area contributed by atoms with Crippen LogP contribution in [-0.4, -0.2) is 36.0 Å². The highest BCUT2D eigenvalue weighted by Crippen LogP contribution is 2.37. The minimum Gasteiger partial charge on any atom is -0.266 e. The first kappa shape index (κ1) is 14.4. The molecule has 112 valence electrons. The molecule has 0 amide bonds. The first-order valence-electron chi connectivity index (χ1n) is 7.21. The van der Waals surface area contributed by atoms with E-state index in [4.69, 9.17) is 11.6 Å². The second-order valence-electron chi connectivity index (χ2n) is 5.81. The van der Waals surface area contributed by atoms with E-state index in [0.717, 1.165) is 12.8 Å². The Kier molecular flexibility index (Phi) is 4.06. The van der Waals surface area contributed by atoms with Crippen LogP contribution < -0.4 is 0 Å². The van der Waals surface area contributed by atoms with Crippen molar-refractivity contribution in [3.05, 3.63) is 11.8 Å². The van der Waals surface area contributed by atoms with E-state index in [0.29, 0.717) is 30.5 Å². The van der Waals surface area contributed by atoms with Gasteiger partial charge in [-0.1, -0.05) is 19.3 Å². The van der Waals surface area contributed by atoms with E-state index in [1.54, 1.807) is 4.31 Å². The number of rotatable bonds is 3. The lowest BCUT2D eigenvalue weighted by Gasteiger charge is -2.40. The van der Waals surface area contributed by atoms with Crippen LogP contribution in [0.2, 0.25) is 0 Å². The molecule has 1 saturated carbocycles. The number of fused-ring (bicyclic) bond motifs is 1. The molecule has 5 nitrogen and oxygen atoms in total. The number of aromatic nitrogens is 2. The number of sulfonamides is 1. The van der Waals surface area contributed by atoms with Crippen molar-refractivity contribution in [2.75, 3.05) is 13.1 Å². The third kappa shape index (κ3) is 2.49. The summed E-state index contributed by atoms with van der Waals surface area (Å²) < 4.78 is 27.0. The fourth-order valence-corrected chi connectivity index (χ4v) is 5.43. The first-order chi connectivity index (χ1) is 9.63. The Morgan fingerprint density at radius 3 is 2.80 bits per heavy atom. The molecule has 0 bridgehead atoms. The van der Waals surface area contributed by atoms with Crippen LogP contribution in [0.1, 0.15) is 37.7 Å². The van der Waals surface area contributed by atoms with Gasteiger partial charge in [0, 0.05) is 18.7 Å². The van der Waals surface area contributed by atoms with Crippen molar-refractivity contribution in [1.82, 2.24) is 14.5 Å². The highest BCUT2D eigenvalue weighted by atomic mass is 35.5. The zero-order valence-corrected chi connectivity index (χ0v) is 13.0. The van der Waals surface area contributed by atoms with Crippen LogP contribution in [-0.2, 0) is 15.9 Å². The zero-order valence-electron chi connectivity index (χ0n) is 11.4. The van der Waals surface area contributed by atoms with Gasteiger partial charge in [0.25, 0.3) is 10.0 Å². The summed E-state index contributed by atoms with van der Waals surface area (Å²) in [5.74, 6) is 1.39. The minimum atomic E-state index is -3.48. The smallest absolute Gasteiger partial charge is 0.260 e. The third-order valence-electron chi connectivity index (χ3n) is 4.67. The Morgan fingerprint density at radius 2 is 2.05 bits per heavy atom. The molecule has 0 aromatic carbocycles. The van der Waals surface area contributed by atoms with Gasteiger partial charge in [-0.25, -0.2) is 8.42 Å². The van der Waals surface area contributed by atoms with E-state index in [2.05, 4.69) is 10.2 Å². The lowest BCUT2D eigenvalue weighted by atomic mass is 9.76. The van der Waals surface area contributed by atoms with Crippen molar-refractivity contribution >= 4 is 21.6 Å². The van der Waals surface area contributed by atoms with E-state index in [1.807, 2.05) is 0 Å². The molecule has 2 heterocycles. The number of alkyl halides is 1. The normalized spacial score (nSPS) is 28.2. The lowest BCUT2D eigenvalue weighted by Crippen LogP contribution is -2.44. The van der Waals surface area contributed by atoms with Crippen molar-refractivity contribution in [2.45, 2.75) is 43.0 Å². The number of nitrogens with one attached hydrogen (secondary N) is 1. The van der Waals surface area contributed by atoms with Crippen LogP contribution in [0, 0.1) is 11.8 Å². The quantitative estimate of drug-likeness (QED) is 0.870. The maximum atomic E-state index is 12.7. The van der Waals surface area contributed by atoms with Crippen LogP contribution in [0.5, 0.6) is 0 Å². The molecule has 2 fully saturated rings. The Balaban J connectivity index is 1.82. The summed E-state index contributed by atoms with van der Waals surface area (Å²) in [5.41, 5.74) is 0.553. The van der Waals surface area contributed by atoms with Gasteiger partial charge in [-0.15, -0.1) is 11.6 Å². The highest BCUT2D eigenvalue weighted by molar-refractivity contribution is 7.89. The maximum Gasteiger partial charge on any atom is 0.260 e. The van der Waals surface area contributed by atoms with E-state index >= 15 is 0 Å². The molecule has 0 radical (unpaired) electrons. The SMILES string of the molecule is O=S(=O)(c1[nH]ncc1CCl)N1CCC2CCCCC2C1. The van der Waals surface area contributed by atoms with Gasteiger partial charge >= 0.3 is 0 Å². The molecular formula is C13H20ClN3O2S. The fourth-order valence-electron chi connectivity index (χ4n) is 3.53. The molecule has 1 N–H and O–H groups in total. The van der Waals surface area contributed by atoms with Crippen molar-refractivity contribution in [1.29, 1.82) is 0 Å². The number of aromatic amines is 1. The maximum absolute atomic E-state index is 12.7. The summed E-state index contributed by atoms with van der Waals surface area (Å²) >= 11 is 5.79. The Hall–Kier alpha value is -0.590. The van der Waals surface area contributed by atoms with E-state index in [-0.39, 0.29) is 10.9 Å². The zero-order chi connectivity index (χ0) is 14.2. The van der Waals surface area contributed by atoms with Gasteiger partial charge < -0.3 is 0 Å². The van der Waals surface area contributed by atoms with Gasteiger partial charge in [0.05, 0.1) is 12.1 Å². The Labute approximate surface area is 124 Å². The molecule has 1 aromatic rings. The topological polar surface area (TPSA) is 66.1 Å². The van der Waals surface area contributed by atoms with E-state index in [9.17, 15) is 8.42 Å². The van der Waals surface area contributed by atoms with Crippen molar-refractivity contribution in [3.63, 3.8) is 0 Å². The largest absolute Gasteiger partial charge is 0.266 e. The summed E-state index contributed by atoms with van der Waals surface area (Å²) in [7, 11) is -3.48. The predicted octanol–water partition coefficient (Wildman–Crippen LogP) is 2.35. The fraction of sp³-hybridized carbons (Fsp3) is 0.769. The Morgan fingerprint density at radius 1 is 1.30 bits per heavy atom. The number of nitrogens with zero attached hydrogens (tertiary/aromatic N) is 2. The molecule has 1 aromatic heterocycles. The summed E-state index contributed by atoms with van der Waals surface area (Å²) in [4.78, 5) is 0. The highest BCUT2D eigenvalue weighted by Gasteiger charge is 2.37. The molecule has 1 aliphatic carbocycles. The van der Waals surface area contributed by atoms with Gasteiger partial charge in [0.15, 0.2) is 5.03 Å². The minimum absolute atomic E-state index is 0.158. The van der Waals surface area contributed by atoms with Gasteiger partial charge in [0.2, 0.25) is 0 Å². The average Bonchev–Trinajstić information content (AvgIpc) is 2.96. The number of hydrogen-bond acceptors (Lipinski definition) is 3. The van der Waals surface area contributed by atoms with Crippen LogP contribution in [0.4, 0.5) is 0 Å². The summed E-state index contributed by atoms with van der Waals surface area (Å²) in [6.07, 6.45) is 7.41. The van der Waals surface area contributed by atoms with Gasteiger partial charge in [-0.2, -0.15) is 9.40 Å². The second-order valence-corrected chi connectivity index (χ2v) is 7.96. The molecule has 1 saturated heterocycles. The Bertz CT molecular complexity index is 572. The molecule has 20 heavy (non-hydrogen) atoms. The predicted molar refractivity (Wildman–Crippen MR) is 77.0 cm³/mol. The number of H-pyrrole nitrogens is 1. The molecule has 1 aliphatic heterocycles. The summed E-state index contributed by atoms with van der Waals surface area (Å²) in [6.45, 7) is 1.26. The molecule has 2 aliphatic rings. The molecule has 0 spiro atoms. The third-order valence-corrected chi connectivity index (χ3v) is 6.84. The molecule has 7 heteroatoms. The monoisotopic (exact) mass is 317 g/mol. The van der Waals surface area contributed by atoms with Gasteiger partial charge in [-0.05, 0) is 24.7 Å². The molecule has 3 rings (SSSR count). The first-order valence-corrected chi connectivity index (χ1v) is 9.18. The van der Waals surface area contributed by atoms with E-state index in [1.165, 1.54) is 25.5 Å². The molecule has 2 unspecified atom stereocenters. The van der Waals surface area contributed by atoms with Crippen molar-refractivity contribution < 1.29 is 8.42 Å². The number of halogens is 1.